The van der Waals surface area contributed by atoms with Gasteiger partial charge < -0.3 is 20.1 Å². The van der Waals surface area contributed by atoms with Crippen molar-refractivity contribution < 1.29 is 14.3 Å². The highest BCUT2D eigenvalue weighted by Gasteiger charge is 2.05. The molecule has 2 N–H and O–H groups in total. The predicted octanol–water partition coefficient (Wildman–Crippen LogP) is 4.95. The Morgan fingerprint density at radius 1 is 1.00 bits per heavy atom. The summed E-state index contributed by atoms with van der Waals surface area (Å²) in [4.78, 5) is 12.2. The number of rotatable bonds is 10. The highest BCUT2D eigenvalue weighted by Crippen LogP contribution is 2.19. The van der Waals surface area contributed by atoms with Crippen LogP contribution in [-0.2, 0) is 4.79 Å². The van der Waals surface area contributed by atoms with E-state index in [2.05, 4.69) is 31.4 Å². The Morgan fingerprint density at radius 3 is 2.41 bits per heavy atom. The van der Waals surface area contributed by atoms with Gasteiger partial charge in [0, 0.05) is 17.4 Å². The molecule has 0 aliphatic heterocycles. The number of benzene rings is 2. The Kier molecular flexibility index (Phi) is 7.99. The number of anilines is 2. The van der Waals surface area contributed by atoms with E-state index in [9.17, 15) is 4.79 Å². The molecule has 0 bridgehead atoms. The lowest BCUT2D eigenvalue weighted by Gasteiger charge is -2.13. The molecule has 146 valence electrons. The van der Waals surface area contributed by atoms with Gasteiger partial charge in [-0.05, 0) is 55.7 Å². The summed E-state index contributed by atoms with van der Waals surface area (Å²) in [5.41, 5.74) is 1.59. The molecule has 0 fully saturated rings. The van der Waals surface area contributed by atoms with Crippen LogP contribution in [0.2, 0.25) is 0 Å². The number of hydrogen-bond donors (Lipinski definition) is 2. The summed E-state index contributed by atoms with van der Waals surface area (Å²) in [5.74, 6) is 1.96. The predicted molar refractivity (Wildman–Crippen MR) is 111 cm³/mol. The first kappa shape index (κ1) is 20.6. The van der Waals surface area contributed by atoms with E-state index in [1.165, 1.54) is 0 Å². The highest BCUT2D eigenvalue weighted by molar-refractivity contribution is 5.93. The van der Waals surface area contributed by atoms with Crippen molar-refractivity contribution in [1.29, 1.82) is 0 Å². The second-order valence-electron chi connectivity index (χ2n) is 7.00. The van der Waals surface area contributed by atoms with E-state index >= 15 is 0 Å². The Hall–Kier alpha value is -2.69. The van der Waals surface area contributed by atoms with Crippen LogP contribution in [0, 0.1) is 5.92 Å². The van der Waals surface area contributed by atoms with E-state index in [-0.39, 0.29) is 18.6 Å². The van der Waals surface area contributed by atoms with Gasteiger partial charge in [0.15, 0.2) is 0 Å². The van der Waals surface area contributed by atoms with Crippen molar-refractivity contribution in [3.8, 4) is 11.5 Å². The Labute approximate surface area is 162 Å². The lowest BCUT2D eigenvalue weighted by Crippen LogP contribution is -2.21. The molecule has 2 rings (SSSR count). The van der Waals surface area contributed by atoms with Crippen LogP contribution in [0.1, 0.15) is 34.1 Å². The van der Waals surface area contributed by atoms with Gasteiger partial charge >= 0.3 is 0 Å². The molecular formula is C22H30N2O3. The van der Waals surface area contributed by atoms with Gasteiger partial charge in [0.25, 0.3) is 0 Å². The average Bonchev–Trinajstić information content (AvgIpc) is 2.66. The van der Waals surface area contributed by atoms with Crippen molar-refractivity contribution in [3.63, 3.8) is 0 Å². The first-order valence-electron chi connectivity index (χ1n) is 9.49. The van der Waals surface area contributed by atoms with Crippen molar-refractivity contribution in [1.82, 2.24) is 0 Å². The molecule has 0 saturated heterocycles. The van der Waals surface area contributed by atoms with E-state index < -0.39 is 0 Å². The third-order valence-corrected chi connectivity index (χ3v) is 3.92. The summed E-state index contributed by atoms with van der Waals surface area (Å²) >= 11 is 0. The quantitative estimate of drug-likeness (QED) is 0.621. The summed E-state index contributed by atoms with van der Waals surface area (Å²) in [7, 11) is 0. The largest absolute Gasteiger partial charge is 0.493 e. The molecule has 0 heterocycles. The number of amides is 1. The molecule has 2 aromatic carbocycles. The van der Waals surface area contributed by atoms with Crippen LogP contribution in [0.15, 0.2) is 48.5 Å². The highest BCUT2D eigenvalue weighted by atomic mass is 16.5. The van der Waals surface area contributed by atoms with Crippen molar-refractivity contribution in [3.05, 3.63) is 48.5 Å². The van der Waals surface area contributed by atoms with E-state index in [1.54, 1.807) is 0 Å². The zero-order valence-electron chi connectivity index (χ0n) is 16.6. The van der Waals surface area contributed by atoms with Crippen molar-refractivity contribution >= 4 is 17.3 Å². The molecule has 1 amide bonds. The molecule has 2 aromatic rings. The maximum atomic E-state index is 12.2. The Bertz CT molecular complexity index is 714. The van der Waals surface area contributed by atoms with Crippen LogP contribution < -0.4 is 20.1 Å². The molecule has 1 unspecified atom stereocenters. The van der Waals surface area contributed by atoms with Crippen LogP contribution in [0.3, 0.4) is 0 Å². The number of ether oxygens (including phenoxy) is 2. The molecular weight excluding hydrogens is 340 g/mol. The van der Waals surface area contributed by atoms with Gasteiger partial charge in [0.2, 0.25) is 5.91 Å². The fourth-order valence-corrected chi connectivity index (χ4v) is 2.28. The fraction of sp³-hybridized carbons (Fsp3) is 0.409. The van der Waals surface area contributed by atoms with E-state index in [4.69, 9.17) is 9.47 Å². The Morgan fingerprint density at radius 2 is 1.74 bits per heavy atom. The van der Waals surface area contributed by atoms with E-state index in [0.29, 0.717) is 12.5 Å². The molecule has 5 nitrogen and oxygen atoms in total. The summed E-state index contributed by atoms with van der Waals surface area (Å²) in [6.45, 7) is 9.17. The van der Waals surface area contributed by atoms with Gasteiger partial charge in [-0.25, -0.2) is 0 Å². The maximum Gasteiger partial charge on any atom is 0.243 e. The van der Waals surface area contributed by atoms with E-state index in [1.807, 2.05) is 55.5 Å². The fourth-order valence-electron chi connectivity index (χ4n) is 2.28. The number of carbonyl (C=O) groups is 1. The molecule has 0 aromatic heterocycles. The van der Waals surface area contributed by atoms with Gasteiger partial charge in [-0.1, -0.05) is 26.8 Å². The summed E-state index contributed by atoms with van der Waals surface area (Å²) in [6.07, 6.45) is 1.13. The van der Waals surface area contributed by atoms with Crippen molar-refractivity contribution in [2.24, 2.45) is 5.92 Å². The van der Waals surface area contributed by atoms with Crippen LogP contribution >= 0.6 is 0 Å². The molecule has 5 heteroatoms. The van der Waals surface area contributed by atoms with E-state index in [0.717, 1.165) is 29.3 Å². The normalized spacial score (nSPS) is 11.7. The van der Waals surface area contributed by atoms with Crippen molar-refractivity contribution in [2.75, 3.05) is 23.8 Å². The zero-order valence-corrected chi connectivity index (χ0v) is 16.6. The van der Waals surface area contributed by atoms with Crippen molar-refractivity contribution in [2.45, 2.75) is 40.2 Å². The summed E-state index contributed by atoms with van der Waals surface area (Å²) in [5, 5.41) is 5.99. The summed E-state index contributed by atoms with van der Waals surface area (Å²) < 4.78 is 11.4. The minimum atomic E-state index is -0.112. The topological polar surface area (TPSA) is 59.6 Å². The van der Waals surface area contributed by atoms with Crippen LogP contribution in [0.4, 0.5) is 11.4 Å². The Balaban J connectivity index is 1.81. The molecule has 0 spiro atoms. The van der Waals surface area contributed by atoms with Gasteiger partial charge in [-0.15, -0.1) is 0 Å². The number of nitrogens with one attached hydrogen (secondary N) is 2. The third kappa shape index (κ3) is 7.60. The third-order valence-electron chi connectivity index (χ3n) is 3.92. The van der Waals surface area contributed by atoms with Gasteiger partial charge in [-0.2, -0.15) is 0 Å². The first-order valence-corrected chi connectivity index (χ1v) is 9.49. The lowest BCUT2D eigenvalue weighted by molar-refractivity contribution is -0.114. The first-order chi connectivity index (χ1) is 13.0. The second-order valence-corrected chi connectivity index (χ2v) is 7.00. The van der Waals surface area contributed by atoms with Crippen LogP contribution in [0.5, 0.6) is 11.5 Å². The maximum absolute atomic E-state index is 12.2. The monoisotopic (exact) mass is 370 g/mol. The number of hydrogen-bond acceptors (Lipinski definition) is 4. The molecule has 0 radical (unpaired) electrons. The average molecular weight is 370 g/mol. The van der Waals surface area contributed by atoms with Crippen LogP contribution in [-0.4, -0.2) is 25.2 Å². The summed E-state index contributed by atoms with van der Waals surface area (Å²) in [6, 6.07) is 15.1. The number of carbonyl (C=O) groups excluding carboxylic acids is 1. The van der Waals surface area contributed by atoms with Gasteiger partial charge in [0.1, 0.15) is 11.5 Å². The standard InChI is InChI=1S/C22H30N2O3/c1-5-17(4)27-20-11-9-18(10-12-20)24-22(25)14-23-19-7-6-8-21(13-19)26-15-16(2)3/h6-13,16-17,23H,5,14-15H2,1-4H3,(H,24,25). The molecule has 27 heavy (non-hydrogen) atoms. The minimum absolute atomic E-state index is 0.112. The second kappa shape index (κ2) is 10.5. The SMILES string of the molecule is CCC(C)Oc1ccc(NC(=O)CNc2cccc(OCC(C)C)c2)cc1. The van der Waals surface area contributed by atoms with Gasteiger partial charge in [-0.3, -0.25) is 4.79 Å². The molecule has 1 atom stereocenters. The molecule has 0 aliphatic rings. The zero-order chi connectivity index (χ0) is 19.6. The van der Waals surface area contributed by atoms with Crippen LogP contribution in [0.25, 0.3) is 0 Å². The lowest BCUT2D eigenvalue weighted by atomic mass is 10.2. The van der Waals surface area contributed by atoms with Gasteiger partial charge in [0.05, 0.1) is 19.3 Å². The smallest absolute Gasteiger partial charge is 0.243 e. The molecule has 0 saturated carbocycles. The molecule has 0 aliphatic carbocycles. The minimum Gasteiger partial charge on any atom is -0.493 e.